The predicted octanol–water partition coefficient (Wildman–Crippen LogP) is 2.77. The van der Waals surface area contributed by atoms with Crippen molar-refractivity contribution in [3.63, 3.8) is 0 Å². The van der Waals surface area contributed by atoms with Crippen LogP contribution in [0.3, 0.4) is 0 Å². The second-order valence-corrected chi connectivity index (χ2v) is 4.55. The van der Waals surface area contributed by atoms with E-state index in [0.717, 1.165) is 25.3 Å². The van der Waals surface area contributed by atoms with Crippen molar-refractivity contribution in [1.29, 1.82) is 0 Å². The molecule has 0 aliphatic carbocycles. The normalized spacial score (nSPS) is 10.5. The van der Waals surface area contributed by atoms with Crippen molar-refractivity contribution in [1.82, 2.24) is 9.88 Å². The Morgan fingerprint density at radius 2 is 2.11 bits per heavy atom. The first-order chi connectivity index (χ1) is 8.60. The summed E-state index contributed by atoms with van der Waals surface area (Å²) in [6.45, 7) is 9.78. The molecule has 4 heteroatoms. The van der Waals surface area contributed by atoms with E-state index in [1.54, 1.807) is 6.20 Å². The van der Waals surface area contributed by atoms with Crippen LogP contribution < -0.4 is 5.32 Å². The Hall–Kier alpha value is -1.58. The highest BCUT2D eigenvalue weighted by Crippen LogP contribution is 2.10. The highest BCUT2D eigenvalue weighted by atomic mass is 16.2. The van der Waals surface area contributed by atoms with Crippen molar-refractivity contribution >= 4 is 11.7 Å². The Morgan fingerprint density at radius 3 is 2.56 bits per heavy atom. The molecule has 0 aliphatic rings. The molecule has 1 heterocycles. The van der Waals surface area contributed by atoms with Crippen LogP contribution in [-0.4, -0.2) is 34.9 Å². The van der Waals surface area contributed by atoms with Crippen molar-refractivity contribution in [2.45, 2.75) is 40.2 Å². The predicted molar refractivity (Wildman–Crippen MR) is 74.9 cm³/mol. The number of rotatable bonds is 6. The molecule has 0 spiro atoms. The molecule has 1 N–H and O–H groups in total. The average Bonchev–Trinajstić information content (AvgIpc) is 2.36. The van der Waals surface area contributed by atoms with E-state index in [1.165, 1.54) is 0 Å². The first-order valence-electron chi connectivity index (χ1n) is 6.61. The maximum atomic E-state index is 12.3. The summed E-state index contributed by atoms with van der Waals surface area (Å²) in [5.74, 6) is 0.864. The first kappa shape index (κ1) is 14.5. The van der Waals surface area contributed by atoms with Gasteiger partial charge in [0.05, 0.1) is 5.56 Å². The van der Waals surface area contributed by atoms with Gasteiger partial charge >= 0.3 is 0 Å². The van der Waals surface area contributed by atoms with E-state index in [2.05, 4.69) is 17.2 Å². The van der Waals surface area contributed by atoms with Crippen LogP contribution in [0.15, 0.2) is 18.3 Å². The third-order valence-electron chi connectivity index (χ3n) is 2.72. The van der Waals surface area contributed by atoms with E-state index in [9.17, 15) is 4.79 Å². The second-order valence-electron chi connectivity index (χ2n) is 4.55. The molecule has 100 valence electrons. The monoisotopic (exact) mass is 249 g/mol. The fourth-order valence-corrected chi connectivity index (χ4v) is 1.81. The molecule has 18 heavy (non-hydrogen) atoms. The zero-order chi connectivity index (χ0) is 13.5. The quantitative estimate of drug-likeness (QED) is 0.843. The van der Waals surface area contributed by atoms with Gasteiger partial charge in [-0.15, -0.1) is 0 Å². The molecule has 0 aliphatic heterocycles. The maximum Gasteiger partial charge on any atom is 0.255 e. The number of nitrogens with one attached hydrogen (secondary N) is 1. The van der Waals surface area contributed by atoms with Crippen LogP contribution in [0, 0.1) is 0 Å². The lowest BCUT2D eigenvalue weighted by Gasteiger charge is -2.26. The number of carbonyl (C=O) groups excluding carboxylic acids is 1. The molecule has 0 atom stereocenters. The van der Waals surface area contributed by atoms with Crippen LogP contribution in [-0.2, 0) is 0 Å². The Kier molecular flexibility index (Phi) is 5.62. The summed E-state index contributed by atoms with van der Waals surface area (Å²) in [5, 5.41) is 3.11. The molecule has 4 nitrogen and oxygen atoms in total. The molecule has 1 aromatic heterocycles. The van der Waals surface area contributed by atoms with E-state index in [1.807, 2.05) is 37.8 Å². The molecule has 0 unspecified atom stereocenters. The lowest BCUT2D eigenvalue weighted by Crippen LogP contribution is -2.37. The molecule has 1 aromatic rings. The molecule has 0 saturated heterocycles. The summed E-state index contributed by atoms with van der Waals surface area (Å²) in [6.07, 6.45) is 2.61. The van der Waals surface area contributed by atoms with Crippen LogP contribution in [0.4, 0.5) is 5.82 Å². The Morgan fingerprint density at radius 1 is 1.39 bits per heavy atom. The number of hydrogen-bond acceptors (Lipinski definition) is 3. The Bertz CT molecular complexity index is 373. The molecule has 0 aromatic carbocycles. The zero-order valence-corrected chi connectivity index (χ0v) is 11.7. The molecule has 0 saturated carbocycles. The van der Waals surface area contributed by atoms with Gasteiger partial charge in [0, 0.05) is 25.3 Å². The molecule has 1 amide bonds. The number of nitrogens with zero attached hydrogens (tertiary/aromatic N) is 2. The van der Waals surface area contributed by atoms with Gasteiger partial charge in [-0.25, -0.2) is 4.98 Å². The fraction of sp³-hybridized carbons (Fsp3) is 0.571. The van der Waals surface area contributed by atoms with Crippen LogP contribution in [0.1, 0.15) is 44.5 Å². The average molecular weight is 249 g/mol. The van der Waals surface area contributed by atoms with Gasteiger partial charge in [0.25, 0.3) is 5.91 Å². The van der Waals surface area contributed by atoms with Crippen LogP contribution in [0.5, 0.6) is 0 Å². The fourth-order valence-electron chi connectivity index (χ4n) is 1.81. The SMILES string of the molecule is CCCN(C(=O)c1ccc(NCC)nc1)C(C)C. The lowest BCUT2D eigenvalue weighted by atomic mass is 10.2. The van der Waals surface area contributed by atoms with Crippen LogP contribution >= 0.6 is 0 Å². The number of pyridine rings is 1. The maximum absolute atomic E-state index is 12.3. The first-order valence-corrected chi connectivity index (χ1v) is 6.61. The minimum Gasteiger partial charge on any atom is -0.370 e. The van der Waals surface area contributed by atoms with Crippen molar-refractivity contribution in [3.05, 3.63) is 23.9 Å². The van der Waals surface area contributed by atoms with E-state index >= 15 is 0 Å². The summed E-state index contributed by atoms with van der Waals surface area (Å²) in [6, 6.07) is 3.89. The largest absolute Gasteiger partial charge is 0.370 e. The summed E-state index contributed by atoms with van der Waals surface area (Å²) in [5.41, 5.74) is 0.652. The Labute approximate surface area is 109 Å². The van der Waals surface area contributed by atoms with E-state index in [0.29, 0.717) is 5.56 Å². The summed E-state index contributed by atoms with van der Waals surface area (Å²) < 4.78 is 0. The van der Waals surface area contributed by atoms with Gasteiger partial charge in [0.2, 0.25) is 0 Å². The highest BCUT2D eigenvalue weighted by Gasteiger charge is 2.17. The zero-order valence-electron chi connectivity index (χ0n) is 11.7. The lowest BCUT2D eigenvalue weighted by molar-refractivity contribution is 0.0705. The van der Waals surface area contributed by atoms with Gasteiger partial charge in [-0.2, -0.15) is 0 Å². The van der Waals surface area contributed by atoms with Gasteiger partial charge in [-0.3, -0.25) is 4.79 Å². The summed E-state index contributed by atoms with van der Waals surface area (Å²) in [4.78, 5) is 18.4. The van der Waals surface area contributed by atoms with Gasteiger partial charge < -0.3 is 10.2 Å². The Balaban J connectivity index is 2.81. The third-order valence-corrected chi connectivity index (χ3v) is 2.72. The van der Waals surface area contributed by atoms with Crippen molar-refractivity contribution in [2.24, 2.45) is 0 Å². The van der Waals surface area contributed by atoms with Crippen LogP contribution in [0.25, 0.3) is 0 Å². The molecular formula is C14H23N3O. The summed E-state index contributed by atoms with van der Waals surface area (Å²) >= 11 is 0. The second kappa shape index (κ2) is 6.99. The van der Waals surface area contributed by atoms with Crippen LogP contribution in [0.2, 0.25) is 0 Å². The molecule has 0 radical (unpaired) electrons. The van der Waals surface area contributed by atoms with Gasteiger partial charge in [0.15, 0.2) is 0 Å². The van der Waals surface area contributed by atoms with E-state index in [4.69, 9.17) is 0 Å². The number of aromatic nitrogens is 1. The number of carbonyl (C=O) groups is 1. The number of amides is 1. The number of anilines is 1. The van der Waals surface area contributed by atoms with E-state index in [-0.39, 0.29) is 11.9 Å². The number of hydrogen-bond donors (Lipinski definition) is 1. The third kappa shape index (κ3) is 3.72. The van der Waals surface area contributed by atoms with Gasteiger partial charge in [-0.05, 0) is 39.3 Å². The van der Waals surface area contributed by atoms with Gasteiger partial charge in [0.1, 0.15) is 5.82 Å². The standard InChI is InChI=1S/C14H23N3O/c1-5-9-17(11(3)4)14(18)12-7-8-13(15-6-2)16-10-12/h7-8,10-11H,5-6,9H2,1-4H3,(H,15,16). The van der Waals surface area contributed by atoms with Gasteiger partial charge in [-0.1, -0.05) is 6.92 Å². The van der Waals surface area contributed by atoms with E-state index < -0.39 is 0 Å². The topological polar surface area (TPSA) is 45.2 Å². The molecule has 0 fully saturated rings. The molecular weight excluding hydrogens is 226 g/mol. The van der Waals surface area contributed by atoms with Crippen molar-refractivity contribution in [2.75, 3.05) is 18.4 Å². The highest BCUT2D eigenvalue weighted by molar-refractivity contribution is 5.94. The molecule has 1 rings (SSSR count). The summed E-state index contributed by atoms with van der Waals surface area (Å²) in [7, 11) is 0. The minimum absolute atomic E-state index is 0.0578. The molecule has 0 bridgehead atoms. The minimum atomic E-state index is 0.0578. The van der Waals surface area contributed by atoms with Crippen molar-refractivity contribution < 1.29 is 4.79 Å². The smallest absolute Gasteiger partial charge is 0.255 e. The van der Waals surface area contributed by atoms with Crippen molar-refractivity contribution in [3.8, 4) is 0 Å².